The lowest BCUT2D eigenvalue weighted by atomic mass is 9.97. The summed E-state index contributed by atoms with van der Waals surface area (Å²) in [6.07, 6.45) is 7.10. The van der Waals surface area contributed by atoms with Gasteiger partial charge < -0.3 is 24.7 Å². The van der Waals surface area contributed by atoms with E-state index in [-0.39, 0.29) is 42.8 Å². The molecule has 3 amide bonds. The molecule has 1 aromatic carbocycles. The van der Waals surface area contributed by atoms with Gasteiger partial charge in [-0.1, -0.05) is 37.1 Å². The zero-order valence-electron chi connectivity index (χ0n) is 19.6. The van der Waals surface area contributed by atoms with Crippen LogP contribution in [-0.2, 0) is 14.3 Å². The van der Waals surface area contributed by atoms with Gasteiger partial charge in [0.2, 0.25) is 11.8 Å². The molecular formula is C26H33N3O5. The normalized spacial score (nSPS) is 19.0. The highest BCUT2D eigenvalue weighted by Crippen LogP contribution is 2.28. The third-order valence-electron chi connectivity index (χ3n) is 6.63. The molecule has 2 atom stereocenters. The molecule has 4 rings (SSSR count). The Morgan fingerprint density at radius 1 is 1.06 bits per heavy atom. The Bertz CT molecular complexity index is 978. The number of rotatable bonds is 9. The van der Waals surface area contributed by atoms with Gasteiger partial charge in [0, 0.05) is 19.2 Å². The average Bonchev–Trinajstić information content (AvgIpc) is 3.62. The van der Waals surface area contributed by atoms with E-state index in [9.17, 15) is 14.4 Å². The minimum Gasteiger partial charge on any atom is -0.459 e. The Morgan fingerprint density at radius 3 is 2.53 bits per heavy atom. The summed E-state index contributed by atoms with van der Waals surface area (Å²) in [5.41, 5.74) is 1.71. The van der Waals surface area contributed by atoms with Crippen LogP contribution in [0.1, 0.15) is 66.2 Å². The van der Waals surface area contributed by atoms with E-state index >= 15 is 0 Å². The van der Waals surface area contributed by atoms with E-state index in [2.05, 4.69) is 10.6 Å². The molecule has 1 saturated heterocycles. The number of nitrogens with one attached hydrogen (secondary N) is 2. The number of aryl methyl sites for hydroxylation is 1. The van der Waals surface area contributed by atoms with Gasteiger partial charge in [0.1, 0.15) is 6.04 Å². The molecule has 2 N–H and O–H groups in total. The van der Waals surface area contributed by atoms with E-state index in [1.54, 1.807) is 11.0 Å². The number of carbonyl (C=O) groups excluding carboxylic acids is 3. The monoisotopic (exact) mass is 467 g/mol. The van der Waals surface area contributed by atoms with Crippen molar-refractivity contribution in [2.24, 2.45) is 0 Å². The first-order chi connectivity index (χ1) is 16.5. The SMILES string of the molecule is Cc1ccccc1[C@H](C(=O)NC1CCCC1)N(C[C@@H]1CCCO1)C(=O)CNC(=O)c1ccco1. The maximum Gasteiger partial charge on any atom is 0.287 e. The summed E-state index contributed by atoms with van der Waals surface area (Å²) in [7, 11) is 0. The summed E-state index contributed by atoms with van der Waals surface area (Å²) in [4.78, 5) is 41.1. The highest BCUT2D eigenvalue weighted by molar-refractivity contribution is 5.95. The molecule has 0 radical (unpaired) electrons. The van der Waals surface area contributed by atoms with Crippen LogP contribution in [0.25, 0.3) is 0 Å². The lowest BCUT2D eigenvalue weighted by Crippen LogP contribution is -2.51. The van der Waals surface area contributed by atoms with Crippen LogP contribution in [0.3, 0.4) is 0 Å². The molecule has 2 fully saturated rings. The summed E-state index contributed by atoms with van der Waals surface area (Å²) < 4.78 is 10.9. The second kappa shape index (κ2) is 11.3. The Hall–Kier alpha value is -3.13. The van der Waals surface area contributed by atoms with Crippen molar-refractivity contribution in [3.8, 4) is 0 Å². The van der Waals surface area contributed by atoms with Crippen LogP contribution >= 0.6 is 0 Å². The summed E-state index contributed by atoms with van der Waals surface area (Å²) in [5, 5.41) is 5.80. The van der Waals surface area contributed by atoms with Crippen LogP contribution in [0.4, 0.5) is 0 Å². The number of amides is 3. The smallest absolute Gasteiger partial charge is 0.287 e. The molecule has 0 unspecified atom stereocenters. The predicted octanol–water partition coefficient (Wildman–Crippen LogP) is 3.13. The van der Waals surface area contributed by atoms with Crippen LogP contribution in [0.5, 0.6) is 0 Å². The summed E-state index contributed by atoms with van der Waals surface area (Å²) in [5.74, 6) is -0.874. The zero-order valence-corrected chi connectivity index (χ0v) is 19.6. The first kappa shape index (κ1) is 24.0. The summed E-state index contributed by atoms with van der Waals surface area (Å²) in [6, 6.07) is 10.1. The molecule has 2 heterocycles. The van der Waals surface area contributed by atoms with Crippen molar-refractivity contribution >= 4 is 17.7 Å². The number of hydrogen-bond donors (Lipinski definition) is 2. The number of ether oxygens (including phenoxy) is 1. The van der Waals surface area contributed by atoms with Crippen LogP contribution in [0.15, 0.2) is 47.1 Å². The van der Waals surface area contributed by atoms with Crippen molar-refractivity contribution in [1.29, 1.82) is 0 Å². The van der Waals surface area contributed by atoms with Gasteiger partial charge in [-0.15, -0.1) is 0 Å². The molecule has 1 aliphatic carbocycles. The fraction of sp³-hybridized carbons (Fsp3) is 0.500. The number of nitrogens with zero attached hydrogens (tertiary/aromatic N) is 1. The second-order valence-electron chi connectivity index (χ2n) is 9.09. The molecule has 1 aliphatic heterocycles. The van der Waals surface area contributed by atoms with Gasteiger partial charge in [-0.25, -0.2) is 0 Å². The van der Waals surface area contributed by atoms with E-state index in [0.717, 1.165) is 49.7 Å². The number of furan rings is 1. The Morgan fingerprint density at radius 2 is 1.85 bits per heavy atom. The minimum absolute atomic E-state index is 0.123. The van der Waals surface area contributed by atoms with Gasteiger partial charge in [-0.2, -0.15) is 0 Å². The van der Waals surface area contributed by atoms with Gasteiger partial charge >= 0.3 is 0 Å². The quantitative estimate of drug-likeness (QED) is 0.590. The zero-order chi connectivity index (χ0) is 23.9. The third kappa shape index (κ3) is 5.86. The fourth-order valence-corrected chi connectivity index (χ4v) is 4.81. The highest BCUT2D eigenvalue weighted by Gasteiger charge is 2.36. The van der Waals surface area contributed by atoms with Crippen molar-refractivity contribution in [1.82, 2.24) is 15.5 Å². The van der Waals surface area contributed by atoms with Crippen molar-refractivity contribution in [2.75, 3.05) is 19.7 Å². The maximum atomic E-state index is 13.6. The van der Waals surface area contributed by atoms with E-state index in [1.165, 1.54) is 12.3 Å². The van der Waals surface area contributed by atoms with Crippen molar-refractivity contribution in [3.05, 3.63) is 59.5 Å². The topological polar surface area (TPSA) is 101 Å². The molecule has 34 heavy (non-hydrogen) atoms. The van der Waals surface area contributed by atoms with Gasteiger partial charge in [0.25, 0.3) is 5.91 Å². The van der Waals surface area contributed by atoms with Crippen LogP contribution in [-0.4, -0.2) is 54.5 Å². The fourth-order valence-electron chi connectivity index (χ4n) is 4.81. The van der Waals surface area contributed by atoms with Gasteiger partial charge in [-0.05, 0) is 55.9 Å². The predicted molar refractivity (Wildman–Crippen MR) is 126 cm³/mol. The van der Waals surface area contributed by atoms with Crippen LogP contribution in [0, 0.1) is 6.92 Å². The second-order valence-corrected chi connectivity index (χ2v) is 9.09. The van der Waals surface area contributed by atoms with Crippen molar-refractivity contribution in [2.45, 2.75) is 63.6 Å². The molecule has 1 saturated carbocycles. The molecule has 2 aliphatic rings. The van der Waals surface area contributed by atoms with E-state index in [1.807, 2.05) is 31.2 Å². The lowest BCUT2D eigenvalue weighted by molar-refractivity contribution is -0.142. The van der Waals surface area contributed by atoms with Gasteiger partial charge in [0.05, 0.1) is 18.9 Å². The molecule has 182 valence electrons. The lowest BCUT2D eigenvalue weighted by Gasteiger charge is -2.34. The Labute approximate surface area is 200 Å². The van der Waals surface area contributed by atoms with Crippen molar-refractivity contribution < 1.29 is 23.5 Å². The molecule has 8 heteroatoms. The third-order valence-corrected chi connectivity index (χ3v) is 6.63. The minimum atomic E-state index is -0.806. The van der Waals surface area contributed by atoms with Gasteiger partial charge in [-0.3, -0.25) is 14.4 Å². The standard InChI is InChI=1S/C26H33N3O5/c1-18-8-2-5-12-21(18)24(26(32)28-19-9-3-4-10-19)29(17-20-11-6-14-33-20)23(30)16-27-25(31)22-13-7-15-34-22/h2,5,7-8,12-13,15,19-20,24H,3-4,6,9-11,14,16-17H2,1H3,(H,27,31)(H,28,32)/t20-,24+/m0/s1. The van der Waals surface area contributed by atoms with E-state index in [0.29, 0.717) is 6.61 Å². The van der Waals surface area contributed by atoms with E-state index < -0.39 is 11.9 Å². The van der Waals surface area contributed by atoms with Gasteiger partial charge in [0.15, 0.2) is 5.76 Å². The molecule has 1 aromatic heterocycles. The summed E-state index contributed by atoms with van der Waals surface area (Å²) in [6.45, 7) is 2.63. The average molecular weight is 468 g/mol. The summed E-state index contributed by atoms with van der Waals surface area (Å²) >= 11 is 0. The molecule has 8 nitrogen and oxygen atoms in total. The first-order valence-corrected chi connectivity index (χ1v) is 12.1. The Kier molecular flexibility index (Phi) is 8.00. The molecule has 2 aromatic rings. The Balaban J connectivity index is 1.59. The van der Waals surface area contributed by atoms with Crippen LogP contribution in [0.2, 0.25) is 0 Å². The van der Waals surface area contributed by atoms with Crippen molar-refractivity contribution in [3.63, 3.8) is 0 Å². The molecule has 0 bridgehead atoms. The number of hydrogen-bond acceptors (Lipinski definition) is 5. The highest BCUT2D eigenvalue weighted by atomic mass is 16.5. The number of carbonyl (C=O) groups is 3. The molecule has 0 spiro atoms. The largest absolute Gasteiger partial charge is 0.459 e. The molecular weight excluding hydrogens is 434 g/mol. The van der Waals surface area contributed by atoms with Crippen LogP contribution < -0.4 is 10.6 Å². The first-order valence-electron chi connectivity index (χ1n) is 12.1. The van der Waals surface area contributed by atoms with E-state index in [4.69, 9.17) is 9.15 Å². The maximum absolute atomic E-state index is 13.6. The number of benzene rings is 1.